The zero-order chi connectivity index (χ0) is 10.6. The van der Waals surface area contributed by atoms with Gasteiger partial charge in [-0.25, -0.2) is 8.78 Å². The molecule has 0 aliphatic rings. The van der Waals surface area contributed by atoms with E-state index in [1.54, 1.807) is 0 Å². The van der Waals surface area contributed by atoms with Crippen molar-refractivity contribution in [3.63, 3.8) is 0 Å². The van der Waals surface area contributed by atoms with Crippen molar-refractivity contribution in [2.24, 2.45) is 11.7 Å². The number of rotatable bonds is 4. The second-order valence-corrected chi connectivity index (χ2v) is 3.41. The Morgan fingerprint density at radius 3 is 2.29 bits per heavy atom. The molecule has 1 nitrogen and oxygen atoms in total. The molecule has 0 aliphatic heterocycles. The van der Waals surface area contributed by atoms with E-state index >= 15 is 0 Å². The zero-order valence-electron chi connectivity index (χ0n) is 8.26. The number of hydrogen-bond acceptors (Lipinski definition) is 1. The summed E-state index contributed by atoms with van der Waals surface area (Å²) < 4.78 is 26.4. The number of benzene rings is 1. The number of nitrogens with two attached hydrogens (primary N) is 1. The van der Waals surface area contributed by atoms with Crippen LogP contribution in [0.15, 0.2) is 18.2 Å². The fourth-order valence-electron chi connectivity index (χ4n) is 1.41. The molecule has 1 aromatic carbocycles. The van der Waals surface area contributed by atoms with Gasteiger partial charge in [-0.2, -0.15) is 0 Å². The molecule has 14 heavy (non-hydrogen) atoms. The first kappa shape index (κ1) is 11.1. The van der Waals surface area contributed by atoms with Gasteiger partial charge in [-0.3, -0.25) is 0 Å². The average Bonchev–Trinajstić information content (AvgIpc) is 2.18. The molecule has 0 aliphatic carbocycles. The molecule has 1 aromatic rings. The molecule has 78 valence electrons. The summed E-state index contributed by atoms with van der Waals surface area (Å²) in [6.45, 7) is 2.43. The van der Waals surface area contributed by atoms with Crippen LogP contribution >= 0.6 is 0 Å². The Hall–Kier alpha value is -0.960. The van der Waals surface area contributed by atoms with Gasteiger partial charge >= 0.3 is 0 Å². The van der Waals surface area contributed by atoms with Gasteiger partial charge in [0.25, 0.3) is 0 Å². The van der Waals surface area contributed by atoms with Crippen LogP contribution in [0.1, 0.15) is 18.9 Å². The van der Waals surface area contributed by atoms with Crippen molar-refractivity contribution in [3.8, 4) is 0 Å². The van der Waals surface area contributed by atoms with Gasteiger partial charge in [-0.15, -0.1) is 0 Å². The lowest BCUT2D eigenvalue weighted by Gasteiger charge is -2.12. The summed E-state index contributed by atoms with van der Waals surface area (Å²) in [6, 6.07) is 3.93. The first-order valence-corrected chi connectivity index (χ1v) is 4.82. The van der Waals surface area contributed by atoms with Crippen LogP contribution in [0.25, 0.3) is 0 Å². The van der Waals surface area contributed by atoms with E-state index < -0.39 is 11.6 Å². The predicted molar refractivity (Wildman–Crippen MR) is 52.9 cm³/mol. The van der Waals surface area contributed by atoms with Crippen LogP contribution < -0.4 is 5.73 Å². The third-order valence-corrected chi connectivity index (χ3v) is 2.47. The standard InChI is InChI=1S/C11H15F2N/c1-2-8(7-14)6-9-10(12)4-3-5-11(9)13/h3-5,8H,2,6-7,14H2,1H3. The van der Waals surface area contributed by atoms with Gasteiger partial charge in [-0.05, 0) is 31.0 Å². The average molecular weight is 199 g/mol. The summed E-state index contributed by atoms with van der Waals surface area (Å²) >= 11 is 0. The van der Waals surface area contributed by atoms with Gasteiger partial charge in [-0.1, -0.05) is 19.4 Å². The van der Waals surface area contributed by atoms with E-state index in [0.717, 1.165) is 6.42 Å². The van der Waals surface area contributed by atoms with E-state index in [4.69, 9.17) is 5.73 Å². The molecule has 3 heteroatoms. The van der Waals surface area contributed by atoms with Crippen LogP contribution in [0.2, 0.25) is 0 Å². The summed E-state index contributed by atoms with van der Waals surface area (Å²) in [6.07, 6.45) is 1.22. The first-order valence-electron chi connectivity index (χ1n) is 4.82. The van der Waals surface area contributed by atoms with Gasteiger partial charge in [0, 0.05) is 5.56 Å². The van der Waals surface area contributed by atoms with Gasteiger partial charge in [0.05, 0.1) is 0 Å². The predicted octanol–water partition coefficient (Wildman–Crippen LogP) is 2.49. The maximum atomic E-state index is 13.2. The summed E-state index contributed by atoms with van der Waals surface area (Å²) in [7, 11) is 0. The lowest BCUT2D eigenvalue weighted by Crippen LogP contribution is -2.17. The van der Waals surface area contributed by atoms with Gasteiger partial charge in [0.2, 0.25) is 0 Å². The van der Waals surface area contributed by atoms with Crippen LogP contribution in [0.3, 0.4) is 0 Å². The Balaban J connectivity index is 2.84. The van der Waals surface area contributed by atoms with Crippen molar-refractivity contribution in [1.82, 2.24) is 0 Å². The molecular formula is C11H15F2N. The molecule has 0 saturated carbocycles. The molecule has 0 bridgehead atoms. The molecule has 1 atom stereocenters. The molecule has 0 fully saturated rings. The largest absolute Gasteiger partial charge is 0.330 e. The molecule has 1 rings (SSSR count). The van der Waals surface area contributed by atoms with E-state index in [9.17, 15) is 8.78 Å². The number of hydrogen-bond donors (Lipinski definition) is 1. The molecule has 0 aromatic heterocycles. The van der Waals surface area contributed by atoms with Gasteiger partial charge in [0.1, 0.15) is 11.6 Å². The molecule has 2 N–H and O–H groups in total. The third-order valence-electron chi connectivity index (χ3n) is 2.47. The lowest BCUT2D eigenvalue weighted by molar-refractivity contribution is 0.477. The fraction of sp³-hybridized carbons (Fsp3) is 0.455. The highest BCUT2D eigenvalue weighted by atomic mass is 19.1. The van der Waals surface area contributed by atoms with Crippen molar-refractivity contribution in [3.05, 3.63) is 35.4 Å². The Bertz CT molecular complexity index is 275. The Morgan fingerprint density at radius 1 is 1.29 bits per heavy atom. The van der Waals surface area contributed by atoms with Crippen LogP contribution in [0.4, 0.5) is 8.78 Å². The summed E-state index contributed by atoms with van der Waals surface area (Å²) in [5, 5.41) is 0. The minimum atomic E-state index is -0.475. The normalized spacial score (nSPS) is 12.9. The van der Waals surface area contributed by atoms with Crippen LogP contribution in [-0.4, -0.2) is 6.54 Å². The van der Waals surface area contributed by atoms with E-state index in [-0.39, 0.29) is 11.5 Å². The van der Waals surface area contributed by atoms with Crippen molar-refractivity contribution >= 4 is 0 Å². The molecular weight excluding hydrogens is 184 g/mol. The van der Waals surface area contributed by atoms with Crippen molar-refractivity contribution in [2.45, 2.75) is 19.8 Å². The Morgan fingerprint density at radius 2 is 1.86 bits per heavy atom. The SMILES string of the molecule is CCC(CN)Cc1c(F)cccc1F. The van der Waals surface area contributed by atoms with E-state index in [1.807, 2.05) is 6.92 Å². The molecule has 0 spiro atoms. The quantitative estimate of drug-likeness (QED) is 0.792. The summed E-state index contributed by atoms with van der Waals surface area (Å²) in [4.78, 5) is 0. The Labute approximate surface area is 82.9 Å². The minimum absolute atomic E-state index is 0.154. The van der Waals surface area contributed by atoms with E-state index in [0.29, 0.717) is 13.0 Å². The zero-order valence-corrected chi connectivity index (χ0v) is 8.26. The molecule has 0 heterocycles. The van der Waals surface area contributed by atoms with Crippen LogP contribution in [-0.2, 0) is 6.42 Å². The Kier molecular flexibility index (Phi) is 4.01. The molecule has 0 radical (unpaired) electrons. The minimum Gasteiger partial charge on any atom is -0.330 e. The van der Waals surface area contributed by atoms with Crippen LogP contribution in [0.5, 0.6) is 0 Å². The maximum absolute atomic E-state index is 13.2. The highest BCUT2D eigenvalue weighted by Crippen LogP contribution is 2.17. The van der Waals surface area contributed by atoms with E-state index in [2.05, 4.69) is 0 Å². The summed E-state index contributed by atoms with van der Waals surface area (Å²) in [5.41, 5.74) is 5.64. The van der Waals surface area contributed by atoms with Crippen LogP contribution in [0, 0.1) is 17.6 Å². The molecule has 0 amide bonds. The second-order valence-electron chi connectivity index (χ2n) is 3.41. The monoisotopic (exact) mass is 199 g/mol. The van der Waals surface area contributed by atoms with Gasteiger partial charge < -0.3 is 5.73 Å². The topological polar surface area (TPSA) is 26.0 Å². The number of halogens is 2. The fourth-order valence-corrected chi connectivity index (χ4v) is 1.41. The lowest BCUT2D eigenvalue weighted by atomic mass is 9.96. The smallest absolute Gasteiger partial charge is 0.129 e. The molecule has 0 saturated heterocycles. The van der Waals surface area contributed by atoms with Gasteiger partial charge in [0.15, 0.2) is 0 Å². The van der Waals surface area contributed by atoms with Crippen molar-refractivity contribution in [1.29, 1.82) is 0 Å². The highest BCUT2D eigenvalue weighted by molar-refractivity contribution is 5.20. The maximum Gasteiger partial charge on any atom is 0.129 e. The molecule has 1 unspecified atom stereocenters. The third kappa shape index (κ3) is 2.51. The van der Waals surface area contributed by atoms with Crippen molar-refractivity contribution < 1.29 is 8.78 Å². The first-order chi connectivity index (χ1) is 6.69. The van der Waals surface area contributed by atoms with E-state index in [1.165, 1.54) is 18.2 Å². The summed E-state index contributed by atoms with van der Waals surface area (Å²) in [5.74, 6) is -0.796. The second kappa shape index (κ2) is 5.05. The highest BCUT2D eigenvalue weighted by Gasteiger charge is 2.12. The van der Waals surface area contributed by atoms with Crippen molar-refractivity contribution in [2.75, 3.05) is 6.54 Å².